The second-order valence-electron chi connectivity index (χ2n) is 4.62. The first-order chi connectivity index (χ1) is 10.9. The molecule has 4 nitrogen and oxygen atoms in total. The minimum Gasteiger partial charge on any atom is -0.465 e. The molecule has 1 amide bonds. The summed E-state index contributed by atoms with van der Waals surface area (Å²) in [6, 6.07) is 8.69. The van der Waals surface area contributed by atoms with Gasteiger partial charge in [-0.15, -0.1) is 0 Å². The minimum absolute atomic E-state index is 0.000234. The molecule has 2 rings (SSSR count). The van der Waals surface area contributed by atoms with E-state index in [1.165, 1.54) is 13.2 Å². The monoisotopic (exact) mass is 355 g/mol. The van der Waals surface area contributed by atoms with Crippen LogP contribution in [0, 0.1) is 5.82 Å². The normalized spacial score (nSPS) is 10.3. The molecular formula is C16H12Cl2FNO3. The zero-order valence-corrected chi connectivity index (χ0v) is 13.5. The first kappa shape index (κ1) is 17.2. The Kier molecular flexibility index (Phi) is 5.58. The molecule has 0 aromatic heterocycles. The van der Waals surface area contributed by atoms with Crippen molar-refractivity contribution in [2.75, 3.05) is 7.11 Å². The number of ether oxygens (including phenoxy) is 1. The minimum atomic E-state index is -0.719. The van der Waals surface area contributed by atoms with Crippen LogP contribution in [-0.2, 0) is 11.3 Å². The van der Waals surface area contributed by atoms with Crippen LogP contribution in [0.2, 0.25) is 10.0 Å². The van der Waals surface area contributed by atoms with Crippen LogP contribution in [0.3, 0.4) is 0 Å². The van der Waals surface area contributed by atoms with E-state index in [0.29, 0.717) is 5.56 Å². The second-order valence-corrected chi connectivity index (χ2v) is 5.43. The van der Waals surface area contributed by atoms with Crippen LogP contribution in [-0.4, -0.2) is 19.0 Å². The summed E-state index contributed by atoms with van der Waals surface area (Å²) in [5.74, 6) is -1.68. The maximum atomic E-state index is 13.4. The molecule has 0 aliphatic rings. The summed E-state index contributed by atoms with van der Waals surface area (Å²) in [5, 5.41) is 2.53. The molecule has 0 bridgehead atoms. The third kappa shape index (κ3) is 4.21. The van der Waals surface area contributed by atoms with Gasteiger partial charge >= 0.3 is 5.97 Å². The molecule has 0 saturated carbocycles. The van der Waals surface area contributed by atoms with Crippen LogP contribution in [0.25, 0.3) is 0 Å². The fourth-order valence-electron chi connectivity index (χ4n) is 1.85. The lowest BCUT2D eigenvalue weighted by Crippen LogP contribution is -2.23. The number of esters is 1. The topological polar surface area (TPSA) is 55.4 Å². The fourth-order valence-corrected chi connectivity index (χ4v) is 2.32. The number of benzene rings is 2. The summed E-state index contributed by atoms with van der Waals surface area (Å²) in [6.45, 7) is 0.195. The number of halogens is 3. The van der Waals surface area contributed by atoms with Crippen molar-refractivity contribution in [3.8, 4) is 0 Å². The molecule has 0 heterocycles. The molecule has 1 N–H and O–H groups in total. The largest absolute Gasteiger partial charge is 0.465 e. The summed E-state index contributed by atoms with van der Waals surface area (Å²) >= 11 is 11.5. The summed E-state index contributed by atoms with van der Waals surface area (Å²) in [6.07, 6.45) is 0. The Morgan fingerprint density at radius 3 is 2.39 bits per heavy atom. The molecule has 0 spiro atoms. The number of carbonyl (C=O) groups is 2. The molecule has 0 aliphatic heterocycles. The molecule has 0 unspecified atom stereocenters. The highest BCUT2D eigenvalue weighted by Crippen LogP contribution is 2.24. The standard InChI is InChI=1S/C16H12Cl2FNO3/c1-23-16(22)10-4-2-9(3-5-10)8-20-15(21)11-6-14(19)13(18)7-12(11)17/h2-7H,8H2,1H3,(H,20,21). The van der Waals surface area contributed by atoms with Crippen LogP contribution in [0.1, 0.15) is 26.3 Å². The zero-order chi connectivity index (χ0) is 17.0. The van der Waals surface area contributed by atoms with Gasteiger partial charge in [0, 0.05) is 6.54 Å². The summed E-state index contributed by atoms with van der Waals surface area (Å²) < 4.78 is 18.0. The molecule has 2 aromatic rings. The number of methoxy groups -OCH3 is 1. The van der Waals surface area contributed by atoms with Crippen molar-refractivity contribution in [1.82, 2.24) is 5.32 Å². The van der Waals surface area contributed by atoms with E-state index in [2.05, 4.69) is 10.1 Å². The van der Waals surface area contributed by atoms with E-state index in [1.807, 2.05) is 0 Å². The van der Waals surface area contributed by atoms with Crippen LogP contribution < -0.4 is 5.32 Å². The molecule has 0 fully saturated rings. The highest BCUT2D eigenvalue weighted by Gasteiger charge is 2.14. The second kappa shape index (κ2) is 7.44. The van der Waals surface area contributed by atoms with Crippen LogP contribution >= 0.6 is 23.2 Å². The summed E-state index contributed by atoms with van der Waals surface area (Å²) in [7, 11) is 1.30. The number of carbonyl (C=O) groups excluding carboxylic acids is 2. The van der Waals surface area contributed by atoms with Gasteiger partial charge < -0.3 is 10.1 Å². The van der Waals surface area contributed by atoms with Crippen molar-refractivity contribution in [3.05, 3.63) is 69.0 Å². The third-order valence-electron chi connectivity index (χ3n) is 3.08. The van der Waals surface area contributed by atoms with Gasteiger partial charge in [-0.2, -0.15) is 0 Å². The predicted molar refractivity (Wildman–Crippen MR) is 85.4 cm³/mol. The first-order valence-corrected chi connectivity index (χ1v) is 7.28. The van der Waals surface area contributed by atoms with Gasteiger partial charge in [0.25, 0.3) is 5.91 Å². The summed E-state index contributed by atoms with van der Waals surface area (Å²) in [4.78, 5) is 23.4. The molecule has 7 heteroatoms. The first-order valence-electron chi connectivity index (χ1n) is 6.52. The number of rotatable bonds is 4. The number of nitrogens with one attached hydrogen (secondary N) is 1. The maximum Gasteiger partial charge on any atom is 0.337 e. The lowest BCUT2D eigenvalue weighted by Gasteiger charge is -2.08. The van der Waals surface area contributed by atoms with Gasteiger partial charge in [-0.05, 0) is 29.8 Å². The quantitative estimate of drug-likeness (QED) is 0.669. The smallest absolute Gasteiger partial charge is 0.337 e. The van der Waals surface area contributed by atoms with Gasteiger partial charge in [0.2, 0.25) is 0 Å². The number of hydrogen-bond donors (Lipinski definition) is 1. The Morgan fingerprint density at radius 1 is 1.13 bits per heavy atom. The van der Waals surface area contributed by atoms with Crippen molar-refractivity contribution in [3.63, 3.8) is 0 Å². The number of amides is 1. The molecule has 120 valence electrons. The van der Waals surface area contributed by atoms with Crippen LogP contribution in [0.4, 0.5) is 4.39 Å². The van der Waals surface area contributed by atoms with E-state index in [1.54, 1.807) is 24.3 Å². The van der Waals surface area contributed by atoms with Gasteiger partial charge in [-0.25, -0.2) is 9.18 Å². The van der Waals surface area contributed by atoms with Gasteiger partial charge in [-0.1, -0.05) is 35.3 Å². The predicted octanol–water partition coefficient (Wildman–Crippen LogP) is 3.85. The number of hydrogen-bond acceptors (Lipinski definition) is 3. The lowest BCUT2D eigenvalue weighted by molar-refractivity contribution is 0.0600. The zero-order valence-electron chi connectivity index (χ0n) is 12.0. The van der Waals surface area contributed by atoms with E-state index in [4.69, 9.17) is 23.2 Å². The van der Waals surface area contributed by atoms with E-state index in [-0.39, 0.29) is 22.2 Å². The Balaban J connectivity index is 2.05. The maximum absolute atomic E-state index is 13.4. The Labute approximate surface area is 142 Å². The van der Waals surface area contributed by atoms with E-state index in [9.17, 15) is 14.0 Å². The van der Waals surface area contributed by atoms with Crippen molar-refractivity contribution < 1.29 is 18.7 Å². The Hall–Kier alpha value is -2.11. The van der Waals surface area contributed by atoms with E-state index in [0.717, 1.165) is 11.6 Å². The van der Waals surface area contributed by atoms with Gasteiger partial charge in [0.15, 0.2) is 0 Å². The molecule has 0 radical (unpaired) electrons. The van der Waals surface area contributed by atoms with Crippen molar-refractivity contribution in [2.45, 2.75) is 6.54 Å². The average Bonchev–Trinajstić information content (AvgIpc) is 2.55. The molecule has 0 aliphatic carbocycles. The van der Waals surface area contributed by atoms with Crippen molar-refractivity contribution in [2.24, 2.45) is 0 Å². The van der Waals surface area contributed by atoms with Crippen molar-refractivity contribution >= 4 is 35.1 Å². The Morgan fingerprint density at radius 2 is 1.78 bits per heavy atom. The highest BCUT2D eigenvalue weighted by molar-refractivity contribution is 6.36. The lowest BCUT2D eigenvalue weighted by atomic mass is 10.1. The summed E-state index contributed by atoms with van der Waals surface area (Å²) in [5.41, 5.74) is 1.17. The third-order valence-corrected chi connectivity index (χ3v) is 3.69. The van der Waals surface area contributed by atoms with Gasteiger partial charge in [0.1, 0.15) is 5.82 Å². The molecule has 23 heavy (non-hydrogen) atoms. The van der Waals surface area contributed by atoms with E-state index < -0.39 is 17.7 Å². The average molecular weight is 356 g/mol. The highest BCUT2D eigenvalue weighted by atomic mass is 35.5. The van der Waals surface area contributed by atoms with Gasteiger partial charge in [0.05, 0.1) is 28.3 Å². The molecule has 2 aromatic carbocycles. The van der Waals surface area contributed by atoms with Gasteiger partial charge in [-0.3, -0.25) is 4.79 Å². The molecule has 0 atom stereocenters. The van der Waals surface area contributed by atoms with Crippen LogP contribution in [0.5, 0.6) is 0 Å². The van der Waals surface area contributed by atoms with E-state index >= 15 is 0 Å². The molecule has 0 saturated heterocycles. The Bertz CT molecular complexity index is 748. The fraction of sp³-hybridized carbons (Fsp3) is 0.125. The van der Waals surface area contributed by atoms with Crippen molar-refractivity contribution in [1.29, 1.82) is 0 Å². The SMILES string of the molecule is COC(=O)c1ccc(CNC(=O)c2cc(F)c(Cl)cc2Cl)cc1. The van der Waals surface area contributed by atoms with Crippen LogP contribution in [0.15, 0.2) is 36.4 Å². The molecular weight excluding hydrogens is 344 g/mol.